The molecule has 4 heteroatoms. The molecule has 0 spiro atoms. The lowest BCUT2D eigenvalue weighted by molar-refractivity contribution is 0.00300. The molecular weight excluding hydrogens is 268 g/mol. The van der Waals surface area contributed by atoms with Gasteiger partial charge in [-0.05, 0) is 42.8 Å². The molecule has 3 rings (SSSR count). The maximum atomic E-state index is 10.5. The Balaban J connectivity index is 1.64. The Hall–Kier alpha value is -0.970. The first kappa shape index (κ1) is 14.0. The number of aromatic nitrogens is 1. The van der Waals surface area contributed by atoms with Crippen molar-refractivity contribution in [3.8, 4) is 0 Å². The first-order valence-electron chi connectivity index (χ1n) is 7.45. The normalized spacial score (nSPS) is 20.1. The second-order valence-corrected chi connectivity index (χ2v) is 6.91. The Labute approximate surface area is 124 Å². The van der Waals surface area contributed by atoms with Crippen LogP contribution in [0.2, 0.25) is 0 Å². The van der Waals surface area contributed by atoms with Crippen LogP contribution in [-0.2, 0) is 0 Å². The van der Waals surface area contributed by atoms with Crippen molar-refractivity contribution in [1.82, 2.24) is 10.3 Å². The molecule has 20 heavy (non-hydrogen) atoms. The molecule has 1 atom stereocenters. The van der Waals surface area contributed by atoms with Gasteiger partial charge in [-0.15, -0.1) is 11.3 Å². The maximum Gasteiger partial charge on any atom is 0.0809 e. The summed E-state index contributed by atoms with van der Waals surface area (Å²) in [4.78, 5) is 4.48. The molecule has 3 nitrogen and oxygen atoms in total. The maximum absolute atomic E-state index is 10.5. The van der Waals surface area contributed by atoms with Crippen molar-refractivity contribution in [1.29, 1.82) is 0 Å². The van der Waals surface area contributed by atoms with Crippen molar-refractivity contribution in [2.24, 2.45) is 0 Å². The molecule has 0 amide bonds. The van der Waals surface area contributed by atoms with Gasteiger partial charge in [0.25, 0.3) is 0 Å². The number of thiophene rings is 1. The predicted octanol–water partition coefficient (Wildman–Crippen LogP) is 3.64. The minimum atomic E-state index is -0.507. The average Bonchev–Trinajstić information content (AvgIpc) is 2.93. The number of nitrogens with one attached hydrogen (secondary N) is 1. The van der Waals surface area contributed by atoms with Gasteiger partial charge < -0.3 is 10.4 Å². The molecule has 108 valence electrons. The van der Waals surface area contributed by atoms with Crippen molar-refractivity contribution in [3.05, 3.63) is 29.3 Å². The van der Waals surface area contributed by atoms with Gasteiger partial charge >= 0.3 is 0 Å². The van der Waals surface area contributed by atoms with Crippen LogP contribution in [0.1, 0.15) is 50.6 Å². The van der Waals surface area contributed by atoms with Crippen molar-refractivity contribution in [2.45, 2.75) is 50.7 Å². The molecule has 0 radical (unpaired) electrons. The van der Waals surface area contributed by atoms with Crippen molar-refractivity contribution in [3.63, 3.8) is 0 Å². The quantitative estimate of drug-likeness (QED) is 0.903. The molecule has 0 saturated heterocycles. The van der Waals surface area contributed by atoms with E-state index in [2.05, 4.69) is 28.7 Å². The summed E-state index contributed by atoms with van der Waals surface area (Å²) < 4.78 is 1.23. The van der Waals surface area contributed by atoms with Crippen molar-refractivity contribution < 1.29 is 5.11 Å². The molecule has 2 N–H and O–H groups in total. The first-order chi connectivity index (χ1) is 9.66. The molecule has 1 saturated carbocycles. The van der Waals surface area contributed by atoms with Gasteiger partial charge in [0, 0.05) is 18.8 Å². The predicted molar refractivity (Wildman–Crippen MR) is 84.1 cm³/mol. The largest absolute Gasteiger partial charge is 0.389 e. The summed E-state index contributed by atoms with van der Waals surface area (Å²) in [6.07, 6.45) is 7.35. The highest BCUT2D eigenvalue weighted by Gasteiger charge is 2.29. The van der Waals surface area contributed by atoms with E-state index in [0.717, 1.165) is 31.2 Å². The van der Waals surface area contributed by atoms with Crippen LogP contribution in [0.15, 0.2) is 23.7 Å². The number of nitrogens with zero attached hydrogens (tertiary/aromatic N) is 1. The van der Waals surface area contributed by atoms with Gasteiger partial charge in [-0.1, -0.05) is 19.3 Å². The van der Waals surface area contributed by atoms with E-state index in [9.17, 15) is 5.11 Å². The van der Waals surface area contributed by atoms with Crippen LogP contribution in [0, 0.1) is 0 Å². The number of fused-ring (bicyclic) bond motifs is 1. The van der Waals surface area contributed by atoms with Gasteiger partial charge in [0.05, 0.1) is 15.8 Å². The zero-order valence-corrected chi connectivity index (χ0v) is 12.7. The molecular formula is C16H22N2OS. The van der Waals surface area contributed by atoms with Crippen LogP contribution in [0.3, 0.4) is 0 Å². The average molecular weight is 290 g/mol. The molecule has 1 fully saturated rings. The Kier molecular flexibility index (Phi) is 4.06. The highest BCUT2D eigenvalue weighted by molar-refractivity contribution is 7.17. The summed E-state index contributed by atoms with van der Waals surface area (Å²) in [5.74, 6) is 0. The highest BCUT2D eigenvalue weighted by atomic mass is 32.1. The van der Waals surface area contributed by atoms with Crippen LogP contribution < -0.4 is 5.32 Å². The second kappa shape index (κ2) is 5.80. The monoisotopic (exact) mass is 290 g/mol. The molecule has 0 aromatic carbocycles. The topological polar surface area (TPSA) is 45.1 Å². The summed E-state index contributed by atoms with van der Waals surface area (Å²) in [7, 11) is 0. The van der Waals surface area contributed by atoms with Gasteiger partial charge in [-0.3, -0.25) is 4.98 Å². The van der Waals surface area contributed by atoms with E-state index in [1.165, 1.54) is 16.7 Å². The van der Waals surface area contributed by atoms with Crippen molar-refractivity contribution >= 4 is 21.6 Å². The van der Waals surface area contributed by atoms with E-state index in [4.69, 9.17) is 0 Å². The zero-order valence-electron chi connectivity index (χ0n) is 11.9. The van der Waals surface area contributed by atoms with Gasteiger partial charge in [0.2, 0.25) is 0 Å². The van der Waals surface area contributed by atoms with Gasteiger partial charge in [0.15, 0.2) is 0 Å². The Bertz CT molecular complexity index is 575. The van der Waals surface area contributed by atoms with Crippen LogP contribution >= 0.6 is 11.3 Å². The van der Waals surface area contributed by atoms with E-state index in [-0.39, 0.29) is 6.04 Å². The molecule has 1 aliphatic carbocycles. The summed E-state index contributed by atoms with van der Waals surface area (Å²) in [6, 6.07) is 4.47. The molecule has 1 aliphatic rings. The van der Waals surface area contributed by atoms with E-state index in [0.29, 0.717) is 6.54 Å². The van der Waals surface area contributed by atoms with Crippen LogP contribution in [0.5, 0.6) is 0 Å². The third-order valence-corrected chi connectivity index (χ3v) is 5.20. The zero-order chi connectivity index (χ0) is 14.0. The van der Waals surface area contributed by atoms with E-state index in [1.54, 1.807) is 11.3 Å². The van der Waals surface area contributed by atoms with Gasteiger partial charge in [-0.2, -0.15) is 0 Å². The number of aliphatic hydroxyl groups is 1. The molecule has 2 aromatic rings. The lowest BCUT2D eigenvalue weighted by Crippen LogP contribution is -2.42. The third-order valence-electron chi connectivity index (χ3n) is 4.35. The van der Waals surface area contributed by atoms with E-state index < -0.39 is 5.60 Å². The fourth-order valence-corrected chi connectivity index (χ4v) is 3.74. The van der Waals surface area contributed by atoms with Crippen LogP contribution in [-0.4, -0.2) is 22.2 Å². The van der Waals surface area contributed by atoms with E-state index in [1.807, 2.05) is 12.3 Å². The minimum absolute atomic E-state index is 0.222. The number of hydrogen-bond donors (Lipinski definition) is 2. The number of rotatable bonds is 4. The fourth-order valence-electron chi connectivity index (χ4n) is 2.95. The molecule has 0 bridgehead atoms. The Morgan fingerprint density at radius 2 is 2.20 bits per heavy atom. The summed E-state index contributed by atoms with van der Waals surface area (Å²) in [5, 5.41) is 16.1. The number of hydrogen-bond acceptors (Lipinski definition) is 4. The molecule has 1 unspecified atom stereocenters. The summed E-state index contributed by atoms with van der Waals surface area (Å²) in [6.45, 7) is 2.82. The van der Waals surface area contributed by atoms with Crippen LogP contribution in [0.4, 0.5) is 0 Å². The lowest BCUT2D eigenvalue weighted by atomic mass is 9.84. The Morgan fingerprint density at radius 1 is 1.40 bits per heavy atom. The molecule has 0 aliphatic heterocycles. The smallest absolute Gasteiger partial charge is 0.0809 e. The first-order valence-corrected chi connectivity index (χ1v) is 8.33. The standard InChI is InChI=1S/C16H22N2OS/c1-12(18-11-16(19)6-3-2-4-7-16)13-9-15-14(17-10-13)5-8-20-15/h5,8-10,12,18-19H,2-4,6-7,11H2,1H3. The van der Waals surface area contributed by atoms with E-state index >= 15 is 0 Å². The SMILES string of the molecule is CC(NCC1(O)CCCCC1)c1cnc2ccsc2c1. The van der Waals surface area contributed by atoms with Gasteiger partial charge in [-0.25, -0.2) is 0 Å². The second-order valence-electron chi connectivity index (χ2n) is 5.96. The summed E-state index contributed by atoms with van der Waals surface area (Å²) >= 11 is 1.72. The molecule has 2 aromatic heterocycles. The fraction of sp³-hybridized carbons (Fsp3) is 0.562. The highest BCUT2D eigenvalue weighted by Crippen LogP contribution is 2.28. The van der Waals surface area contributed by atoms with Gasteiger partial charge in [0.1, 0.15) is 0 Å². The summed E-state index contributed by atoms with van der Waals surface area (Å²) in [5.41, 5.74) is 1.75. The van der Waals surface area contributed by atoms with Crippen LogP contribution in [0.25, 0.3) is 10.2 Å². The molecule has 2 heterocycles. The van der Waals surface area contributed by atoms with Crippen molar-refractivity contribution in [2.75, 3.05) is 6.54 Å². The minimum Gasteiger partial charge on any atom is -0.389 e. The number of pyridine rings is 1. The lowest BCUT2D eigenvalue weighted by Gasteiger charge is -2.33. The Morgan fingerprint density at radius 3 is 3.00 bits per heavy atom. The third kappa shape index (κ3) is 3.03.